The molecule has 1 aromatic rings. The van der Waals surface area contributed by atoms with Crippen LogP contribution in [0.15, 0.2) is 12.1 Å². The van der Waals surface area contributed by atoms with Crippen LogP contribution in [0.3, 0.4) is 0 Å². The summed E-state index contributed by atoms with van der Waals surface area (Å²) in [4.78, 5) is 0. The maximum Gasteiger partial charge on any atom is 0.218 e. The number of rotatable bonds is 1. The van der Waals surface area contributed by atoms with Crippen LogP contribution in [0.2, 0.25) is 10.0 Å². The Balaban J connectivity index is 3.39. The van der Waals surface area contributed by atoms with E-state index in [1.807, 2.05) is 6.07 Å². The van der Waals surface area contributed by atoms with Gasteiger partial charge in [-0.25, -0.2) is 0 Å². The van der Waals surface area contributed by atoms with E-state index in [2.05, 4.69) is 6.72 Å². The average Bonchev–Trinajstić information content (AvgIpc) is 2.03. The van der Waals surface area contributed by atoms with Crippen molar-refractivity contribution in [2.45, 2.75) is 0 Å². The first-order valence-corrected chi connectivity index (χ1v) is 3.98. The molecule has 0 aliphatic rings. The lowest BCUT2D eigenvalue weighted by Crippen LogP contribution is -1.91. The second-order valence-corrected chi connectivity index (χ2v) is 3.09. The summed E-state index contributed by atoms with van der Waals surface area (Å²) < 4.78 is 0.374. The number of halogens is 2. The summed E-state index contributed by atoms with van der Waals surface area (Å²) in [7, 11) is 0. The summed E-state index contributed by atoms with van der Waals surface area (Å²) in [5, 5.41) is 19.7. The van der Waals surface area contributed by atoms with Crippen molar-refractivity contribution in [1.29, 1.82) is 5.26 Å². The van der Waals surface area contributed by atoms with Crippen LogP contribution in [0.4, 0.5) is 5.69 Å². The number of nitriles is 1. The highest BCUT2D eigenvalue weighted by molar-refractivity contribution is 6.36. The third-order valence-electron chi connectivity index (χ3n) is 1.43. The zero-order chi connectivity index (χ0) is 10.0. The molecule has 0 aliphatic heterocycles. The molecule has 0 fully saturated rings. The van der Waals surface area contributed by atoms with Crippen LogP contribution in [0.25, 0.3) is 0 Å². The molecule has 0 amide bonds. The second kappa shape index (κ2) is 3.65. The predicted molar refractivity (Wildman–Crippen MR) is 51.6 cm³/mol. The molecule has 0 N–H and O–H groups in total. The Labute approximate surface area is 85.0 Å². The molecule has 0 saturated heterocycles. The van der Waals surface area contributed by atoms with Gasteiger partial charge >= 0.3 is 0 Å². The van der Waals surface area contributed by atoms with Gasteiger partial charge in [-0.05, 0) is 0 Å². The van der Waals surface area contributed by atoms with E-state index in [9.17, 15) is 5.21 Å². The SMILES string of the molecule is C=[N+]([O-])c1cc(Cl)c(C#N)c(Cl)c1. The third-order valence-corrected chi connectivity index (χ3v) is 2.02. The van der Waals surface area contributed by atoms with Crippen LogP contribution in [0, 0.1) is 16.5 Å². The first-order chi connectivity index (χ1) is 6.06. The van der Waals surface area contributed by atoms with Crippen LogP contribution < -0.4 is 0 Å². The molecule has 0 unspecified atom stereocenters. The highest BCUT2D eigenvalue weighted by Crippen LogP contribution is 2.28. The van der Waals surface area contributed by atoms with E-state index in [0.29, 0.717) is 4.74 Å². The molecule has 0 radical (unpaired) electrons. The third kappa shape index (κ3) is 1.92. The lowest BCUT2D eigenvalue weighted by molar-refractivity contribution is -0.349. The largest absolute Gasteiger partial charge is 0.619 e. The Morgan fingerprint density at radius 2 is 1.85 bits per heavy atom. The predicted octanol–water partition coefficient (Wildman–Crippen LogP) is 2.71. The monoisotopic (exact) mass is 214 g/mol. The Morgan fingerprint density at radius 1 is 1.38 bits per heavy atom. The fraction of sp³-hybridized carbons (Fsp3) is 0. The molecule has 0 heterocycles. The molecule has 1 rings (SSSR count). The quantitative estimate of drug-likeness (QED) is 0.313. The van der Waals surface area contributed by atoms with Gasteiger partial charge in [-0.1, -0.05) is 23.2 Å². The topological polar surface area (TPSA) is 49.9 Å². The summed E-state index contributed by atoms with van der Waals surface area (Å²) in [6.45, 7) is 3.12. The Morgan fingerprint density at radius 3 is 2.15 bits per heavy atom. The van der Waals surface area contributed by atoms with E-state index >= 15 is 0 Å². The summed E-state index contributed by atoms with van der Waals surface area (Å²) in [5.74, 6) is 0. The molecular formula is C8H4Cl2N2O. The fourth-order valence-electron chi connectivity index (χ4n) is 0.811. The number of hydrogen-bond donors (Lipinski definition) is 0. The molecule has 5 heteroatoms. The van der Waals surface area contributed by atoms with Crippen molar-refractivity contribution in [1.82, 2.24) is 0 Å². The minimum atomic E-state index is 0.148. The standard InChI is InChI=1S/C8H4Cl2N2O/c1-12(13)5-2-7(9)6(4-11)8(10)3-5/h2-3H,1H2. The highest BCUT2D eigenvalue weighted by Gasteiger charge is 2.10. The molecular weight excluding hydrogens is 211 g/mol. The van der Waals surface area contributed by atoms with Crippen molar-refractivity contribution in [2.75, 3.05) is 0 Å². The second-order valence-electron chi connectivity index (χ2n) is 2.27. The van der Waals surface area contributed by atoms with Gasteiger partial charge in [0.2, 0.25) is 5.69 Å². The minimum absolute atomic E-state index is 0.148. The van der Waals surface area contributed by atoms with Gasteiger partial charge in [-0.3, -0.25) is 0 Å². The Hall–Kier alpha value is -1.24. The Bertz CT molecular complexity index is 386. The summed E-state index contributed by atoms with van der Waals surface area (Å²) >= 11 is 11.4. The first kappa shape index (κ1) is 9.85. The van der Waals surface area contributed by atoms with Gasteiger partial charge in [0.25, 0.3) is 0 Å². The molecule has 0 aliphatic carbocycles. The normalized spacial score (nSPS) is 9.31. The molecule has 1 aromatic carbocycles. The van der Waals surface area contributed by atoms with Crippen molar-refractivity contribution >= 4 is 35.6 Å². The minimum Gasteiger partial charge on any atom is -0.619 e. The van der Waals surface area contributed by atoms with Crippen molar-refractivity contribution < 1.29 is 4.74 Å². The van der Waals surface area contributed by atoms with Crippen molar-refractivity contribution in [3.63, 3.8) is 0 Å². The molecule has 0 aromatic heterocycles. The van der Waals surface area contributed by atoms with Gasteiger partial charge in [-0.2, -0.15) is 10.0 Å². The summed E-state index contributed by atoms with van der Waals surface area (Å²) in [6.07, 6.45) is 0. The van der Waals surface area contributed by atoms with Gasteiger partial charge in [0.1, 0.15) is 12.8 Å². The molecule has 0 bridgehead atoms. The maximum absolute atomic E-state index is 10.8. The van der Waals surface area contributed by atoms with Gasteiger partial charge < -0.3 is 5.21 Å². The zero-order valence-electron chi connectivity index (χ0n) is 6.42. The van der Waals surface area contributed by atoms with Gasteiger partial charge in [-0.15, -0.1) is 0 Å². The number of hydrogen-bond acceptors (Lipinski definition) is 2. The van der Waals surface area contributed by atoms with E-state index < -0.39 is 0 Å². The van der Waals surface area contributed by atoms with Crippen LogP contribution in [-0.2, 0) is 0 Å². The van der Waals surface area contributed by atoms with E-state index in [-0.39, 0.29) is 21.3 Å². The van der Waals surface area contributed by atoms with Gasteiger partial charge in [0.05, 0.1) is 15.6 Å². The van der Waals surface area contributed by atoms with Crippen molar-refractivity contribution in [2.24, 2.45) is 0 Å². The Kier molecular flexibility index (Phi) is 2.76. The van der Waals surface area contributed by atoms with Crippen LogP contribution in [0.1, 0.15) is 5.56 Å². The first-order valence-electron chi connectivity index (χ1n) is 3.23. The highest BCUT2D eigenvalue weighted by atomic mass is 35.5. The van der Waals surface area contributed by atoms with E-state index in [1.54, 1.807) is 0 Å². The number of nitrogens with zero attached hydrogens (tertiary/aromatic N) is 2. The lowest BCUT2D eigenvalue weighted by atomic mass is 10.2. The molecule has 66 valence electrons. The van der Waals surface area contributed by atoms with E-state index in [1.165, 1.54) is 12.1 Å². The van der Waals surface area contributed by atoms with Crippen LogP contribution in [-0.4, -0.2) is 11.5 Å². The van der Waals surface area contributed by atoms with Crippen molar-refractivity contribution in [3.05, 3.63) is 32.9 Å². The molecule has 13 heavy (non-hydrogen) atoms. The molecule has 0 saturated carbocycles. The smallest absolute Gasteiger partial charge is 0.218 e. The fourth-order valence-corrected chi connectivity index (χ4v) is 1.37. The van der Waals surface area contributed by atoms with E-state index in [4.69, 9.17) is 28.5 Å². The molecule has 0 spiro atoms. The summed E-state index contributed by atoms with van der Waals surface area (Å²) in [6, 6.07) is 4.50. The van der Waals surface area contributed by atoms with E-state index in [0.717, 1.165) is 0 Å². The number of benzene rings is 1. The average molecular weight is 215 g/mol. The zero-order valence-corrected chi connectivity index (χ0v) is 7.93. The van der Waals surface area contributed by atoms with Crippen molar-refractivity contribution in [3.8, 4) is 6.07 Å². The van der Waals surface area contributed by atoms with Crippen LogP contribution in [0.5, 0.6) is 0 Å². The van der Waals surface area contributed by atoms with Gasteiger partial charge in [0, 0.05) is 12.1 Å². The molecule has 0 atom stereocenters. The molecule has 3 nitrogen and oxygen atoms in total. The lowest BCUT2D eigenvalue weighted by Gasteiger charge is -2.03. The van der Waals surface area contributed by atoms with Crippen LogP contribution >= 0.6 is 23.2 Å². The van der Waals surface area contributed by atoms with Gasteiger partial charge in [0.15, 0.2) is 0 Å². The summed E-state index contributed by atoms with van der Waals surface area (Å²) in [5.41, 5.74) is 0.378. The maximum atomic E-state index is 10.8.